The van der Waals surface area contributed by atoms with E-state index >= 15 is 0 Å². The molecule has 1 saturated carbocycles. The van der Waals surface area contributed by atoms with Crippen LogP contribution in [0.2, 0.25) is 0 Å². The van der Waals surface area contributed by atoms with E-state index < -0.39 is 53.3 Å². The molecule has 0 saturated heterocycles. The molecule has 0 radical (unpaired) electrons. The van der Waals surface area contributed by atoms with Gasteiger partial charge in [0.1, 0.15) is 11.6 Å². The zero-order valence-corrected chi connectivity index (χ0v) is 27.1. The summed E-state index contributed by atoms with van der Waals surface area (Å²) in [5.41, 5.74) is 1.99. The highest BCUT2D eigenvalue weighted by molar-refractivity contribution is 7.81. The summed E-state index contributed by atoms with van der Waals surface area (Å²) in [5, 5.41) is 35.1. The van der Waals surface area contributed by atoms with Crippen LogP contribution in [0.25, 0.3) is 11.0 Å². The van der Waals surface area contributed by atoms with Gasteiger partial charge in [0.25, 0.3) is 0 Å². The van der Waals surface area contributed by atoms with Gasteiger partial charge in [-0.1, -0.05) is 61.7 Å². The van der Waals surface area contributed by atoms with Crippen molar-refractivity contribution < 1.29 is 33.2 Å². The molecule has 14 heteroatoms. The van der Waals surface area contributed by atoms with Gasteiger partial charge in [0, 0.05) is 29.3 Å². The van der Waals surface area contributed by atoms with Gasteiger partial charge < -0.3 is 19.9 Å². The lowest BCUT2D eigenvalue weighted by Gasteiger charge is -2.26. The fraction of sp³-hybridized carbons (Fsp3) is 0.394. The number of benzene rings is 2. The van der Waals surface area contributed by atoms with Crippen LogP contribution in [0.4, 0.5) is 5.69 Å². The number of carbonyl (C=O) groups excluding carboxylic acids is 1. The quantitative estimate of drug-likeness (QED) is 0.165. The van der Waals surface area contributed by atoms with Crippen LogP contribution in [-0.2, 0) is 37.5 Å². The molecule has 1 aliphatic carbocycles. The third-order valence-corrected chi connectivity index (χ3v) is 8.99. The summed E-state index contributed by atoms with van der Waals surface area (Å²) in [4.78, 5) is 48.1. The lowest BCUT2D eigenvalue weighted by Crippen LogP contribution is -2.28. The Balaban J connectivity index is 0.000000427. The van der Waals surface area contributed by atoms with Crippen LogP contribution >= 0.6 is 0 Å². The number of nitrogens with one attached hydrogen (secondary N) is 1. The SMILES string of the molecule is Cc1c(CC(=O)O)c(=O)oc2cc(NC(=O)C(CC(=O)O)n3cc(C(C)C4CCCCC4)nn3)ccc12.NS(=O)Cc1ccccc1. The Kier molecular flexibility index (Phi) is 12.1. The van der Waals surface area contributed by atoms with Gasteiger partial charge >= 0.3 is 17.6 Å². The van der Waals surface area contributed by atoms with E-state index in [9.17, 15) is 28.5 Å². The molecule has 0 bridgehead atoms. The molecule has 1 amide bonds. The number of nitrogens with zero attached hydrogens (tertiary/aromatic N) is 3. The molecule has 3 unspecified atom stereocenters. The molecule has 4 aromatic rings. The number of aromatic nitrogens is 3. The summed E-state index contributed by atoms with van der Waals surface area (Å²) in [6, 6.07) is 13.0. The molecule has 250 valence electrons. The van der Waals surface area contributed by atoms with Crippen molar-refractivity contribution in [3.05, 3.63) is 87.5 Å². The topological polar surface area (TPSA) is 208 Å². The lowest BCUT2D eigenvalue weighted by molar-refractivity contribution is -0.140. The van der Waals surface area contributed by atoms with Crippen LogP contribution in [-0.4, -0.2) is 47.3 Å². The number of amides is 1. The highest BCUT2D eigenvalue weighted by Gasteiger charge is 2.28. The summed E-state index contributed by atoms with van der Waals surface area (Å²) in [6.07, 6.45) is 6.52. The van der Waals surface area contributed by atoms with Gasteiger partial charge in [-0.3, -0.25) is 19.5 Å². The molecule has 5 N–H and O–H groups in total. The maximum absolute atomic E-state index is 13.2. The minimum atomic E-state index is -1.22. The van der Waals surface area contributed by atoms with Gasteiger partial charge in [-0.15, -0.1) is 5.10 Å². The number of carbonyl (C=O) groups is 3. The van der Waals surface area contributed by atoms with Gasteiger partial charge in [-0.25, -0.2) is 13.7 Å². The second-order valence-corrected chi connectivity index (χ2v) is 12.7. The van der Waals surface area contributed by atoms with Gasteiger partial charge in [-0.05, 0) is 48.9 Å². The van der Waals surface area contributed by atoms with Crippen molar-refractivity contribution in [3.8, 4) is 0 Å². The first-order valence-corrected chi connectivity index (χ1v) is 16.7. The Morgan fingerprint density at radius 3 is 2.43 bits per heavy atom. The predicted octanol–water partition coefficient (Wildman–Crippen LogP) is 4.47. The van der Waals surface area contributed by atoms with Crippen LogP contribution in [0.15, 0.2) is 63.9 Å². The first-order chi connectivity index (χ1) is 22.4. The number of carboxylic acid groups (broad SMARTS) is 2. The number of rotatable bonds is 11. The number of hydrogen-bond donors (Lipinski definition) is 4. The molecule has 1 fully saturated rings. The van der Waals surface area contributed by atoms with Crippen LogP contribution in [0.1, 0.15) is 79.8 Å². The zero-order valence-electron chi connectivity index (χ0n) is 26.3. The molecule has 13 nitrogen and oxygen atoms in total. The van der Waals surface area contributed by atoms with Crippen molar-refractivity contribution in [1.29, 1.82) is 0 Å². The van der Waals surface area contributed by atoms with Gasteiger partial charge in [0.15, 0.2) is 0 Å². The molecular weight excluding hydrogens is 626 g/mol. The summed E-state index contributed by atoms with van der Waals surface area (Å²) >= 11 is 0. The number of aliphatic carboxylic acids is 2. The van der Waals surface area contributed by atoms with E-state index in [-0.39, 0.29) is 22.8 Å². The monoisotopic (exact) mass is 665 g/mol. The minimum Gasteiger partial charge on any atom is -0.481 e. The highest BCUT2D eigenvalue weighted by atomic mass is 32.2. The molecule has 0 spiro atoms. The average Bonchev–Trinajstić information content (AvgIpc) is 3.52. The second kappa shape index (κ2) is 16.2. The van der Waals surface area contributed by atoms with E-state index in [1.807, 2.05) is 30.3 Å². The number of aryl methyl sites for hydroxylation is 1. The van der Waals surface area contributed by atoms with E-state index in [2.05, 4.69) is 22.6 Å². The predicted molar refractivity (Wildman–Crippen MR) is 176 cm³/mol. The number of fused-ring (bicyclic) bond motifs is 1. The number of nitrogens with two attached hydrogens (primary N) is 1. The van der Waals surface area contributed by atoms with Gasteiger partial charge in [0.05, 0.1) is 40.8 Å². The Hall–Kier alpha value is -4.69. The van der Waals surface area contributed by atoms with E-state index in [1.54, 1.807) is 25.3 Å². The van der Waals surface area contributed by atoms with Crippen LogP contribution in [0.5, 0.6) is 0 Å². The molecule has 2 aromatic heterocycles. The van der Waals surface area contributed by atoms with Gasteiger partial charge in [0.2, 0.25) is 5.91 Å². The third-order valence-electron chi connectivity index (χ3n) is 8.38. The second-order valence-electron chi connectivity index (χ2n) is 11.7. The summed E-state index contributed by atoms with van der Waals surface area (Å²) in [7, 11) is -1.22. The van der Waals surface area contributed by atoms with E-state index in [4.69, 9.17) is 14.7 Å². The molecule has 3 atom stereocenters. The molecule has 1 aliphatic rings. The number of hydrogen-bond acceptors (Lipinski definition) is 8. The summed E-state index contributed by atoms with van der Waals surface area (Å²) < 4.78 is 17.1. The largest absolute Gasteiger partial charge is 0.481 e. The van der Waals surface area contributed by atoms with Gasteiger partial charge in [-0.2, -0.15) is 0 Å². The Morgan fingerprint density at radius 1 is 1.09 bits per heavy atom. The van der Waals surface area contributed by atoms with E-state index in [1.165, 1.54) is 30.0 Å². The first kappa shape index (κ1) is 35.2. The smallest absolute Gasteiger partial charge is 0.340 e. The average molecular weight is 666 g/mol. The molecular formula is C33H39N5O8S. The molecule has 5 rings (SSSR count). The van der Waals surface area contributed by atoms with Crippen molar-refractivity contribution in [2.24, 2.45) is 11.1 Å². The van der Waals surface area contributed by atoms with Crippen molar-refractivity contribution in [2.75, 3.05) is 5.32 Å². The fourth-order valence-electron chi connectivity index (χ4n) is 5.79. The Labute approximate surface area is 273 Å². The summed E-state index contributed by atoms with van der Waals surface area (Å²) in [6.45, 7) is 3.72. The standard InChI is InChI=1S/C26H30N4O7.C7H9NOS/c1-14(16-6-4-3-5-7-16)20-13-30(29-28-20)21(12-24(33)34)25(35)27-17-8-9-18-15(2)19(11-23(31)32)26(36)37-22(18)10-17;8-10(9)6-7-4-2-1-3-5-7/h8-10,13-14,16,21H,3-7,11-12H2,1-2H3,(H,27,35)(H,31,32)(H,33,34);1-5H,6,8H2. The Morgan fingerprint density at radius 2 is 1.79 bits per heavy atom. The third kappa shape index (κ3) is 9.66. The first-order valence-electron chi connectivity index (χ1n) is 15.3. The summed E-state index contributed by atoms with van der Waals surface area (Å²) in [5.74, 6) is -1.83. The van der Waals surface area contributed by atoms with Crippen molar-refractivity contribution in [1.82, 2.24) is 15.0 Å². The molecule has 47 heavy (non-hydrogen) atoms. The molecule has 2 aromatic carbocycles. The number of anilines is 1. The fourth-order valence-corrected chi connectivity index (χ4v) is 6.31. The number of carboxylic acids is 2. The van der Waals surface area contributed by atoms with Crippen molar-refractivity contribution >= 4 is 45.5 Å². The minimum absolute atomic E-state index is 0.0581. The Bertz CT molecular complexity index is 1800. The van der Waals surface area contributed by atoms with Crippen molar-refractivity contribution in [3.63, 3.8) is 0 Å². The van der Waals surface area contributed by atoms with Crippen molar-refractivity contribution in [2.45, 2.75) is 76.5 Å². The maximum Gasteiger partial charge on any atom is 0.340 e. The highest BCUT2D eigenvalue weighted by Crippen LogP contribution is 2.35. The molecule has 2 heterocycles. The van der Waals surface area contributed by atoms with E-state index in [0.717, 1.165) is 24.1 Å². The van der Waals surface area contributed by atoms with Crippen LogP contribution in [0.3, 0.4) is 0 Å². The lowest BCUT2D eigenvalue weighted by atomic mass is 9.80. The normalized spacial score (nSPS) is 15.2. The van der Waals surface area contributed by atoms with E-state index in [0.29, 0.717) is 22.6 Å². The molecule has 0 aliphatic heterocycles. The van der Waals surface area contributed by atoms with Crippen LogP contribution in [0, 0.1) is 12.8 Å². The van der Waals surface area contributed by atoms with Crippen LogP contribution < -0.4 is 16.1 Å². The zero-order chi connectivity index (χ0) is 34.1. The maximum atomic E-state index is 13.2.